The molecule has 3 heterocycles. The lowest BCUT2D eigenvalue weighted by atomic mass is 10.1. The zero-order chi connectivity index (χ0) is 15.8. The van der Waals surface area contributed by atoms with Crippen molar-refractivity contribution in [3.05, 3.63) is 22.3 Å². The molecule has 5 nitrogen and oxygen atoms in total. The number of nitrogens with zero attached hydrogens (tertiary/aromatic N) is 4. The zero-order valence-corrected chi connectivity index (χ0v) is 15.0. The maximum Gasteiger partial charge on any atom is 0.199 e. The van der Waals surface area contributed by atoms with Gasteiger partial charge in [0.05, 0.1) is 17.6 Å². The van der Waals surface area contributed by atoms with Crippen molar-refractivity contribution < 1.29 is 4.74 Å². The molecular formula is C16H22N4OS2. The summed E-state index contributed by atoms with van der Waals surface area (Å²) in [6.45, 7) is 2.88. The summed E-state index contributed by atoms with van der Waals surface area (Å²) in [7, 11) is 1.81. The molecule has 124 valence electrons. The molecule has 1 aliphatic carbocycles. The Balaban J connectivity index is 1.57. The third-order valence-corrected chi connectivity index (χ3v) is 6.00. The molecule has 1 saturated heterocycles. The fourth-order valence-electron chi connectivity index (χ4n) is 3.22. The van der Waals surface area contributed by atoms with E-state index in [1.54, 1.807) is 18.4 Å². The van der Waals surface area contributed by atoms with Crippen molar-refractivity contribution in [3.8, 4) is 10.7 Å². The summed E-state index contributed by atoms with van der Waals surface area (Å²) in [6, 6.07) is 4.76. The van der Waals surface area contributed by atoms with E-state index in [9.17, 15) is 0 Å². The van der Waals surface area contributed by atoms with Gasteiger partial charge in [-0.2, -0.15) is 0 Å². The van der Waals surface area contributed by atoms with E-state index in [-0.39, 0.29) is 0 Å². The largest absolute Gasteiger partial charge is 0.381 e. The molecule has 1 saturated carbocycles. The summed E-state index contributed by atoms with van der Waals surface area (Å²) < 4.78 is 10.6. The van der Waals surface area contributed by atoms with Crippen molar-refractivity contribution >= 4 is 23.6 Å². The number of piperidine rings is 1. The summed E-state index contributed by atoms with van der Waals surface area (Å²) in [6.07, 6.45) is 5.02. The quantitative estimate of drug-likeness (QED) is 0.773. The molecule has 2 aliphatic rings. The molecule has 0 aromatic carbocycles. The molecule has 0 atom stereocenters. The first kappa shape index (κ1) is 15.5. The Labute approximate surface area is 145 Å². The fraction of sp³-hybridized carbons (Fsp3) is 0.625. The van der Waals surface area contributed by atoms with Crippen LogP contribution in [-0.2, 0) is 11.4 Å². The number of hydrogen-bond acceptors (Lipinski definition) is 5. The number of rotatable bonds is 5. The SMILES string of the molecule is COC1CCN(Cn2nc(-c3cccs3)n(C3CC3)c2=S)CC1. The Morgan fingerprint density at radius 2 is 2.09 bits per heavy atom. The highest BCUT2D eigenvalue weighted by molar-refractivity contribution is 7.71. The third-order valence-electron chi connectivity index (χ3n) is 4.73. The zero-order valence-electron chi connectivity index (χ0n) is 13.4. The number of methoxy groups -OCH3 is 1. The molecule has 4 rings (SSSR count). The molecule has 0 amide bonds. The monoisotopic (exact) mass is 350 g/mol. The minimum Gasteiger partial charge on any atom is -0.381 e. The van der Waals surface area contributed by atoms with E-state index in [4.69, 9.17) is 22.1 Å². The lowest BCUT2D eigenvalue weighted by Crippen LogP contribution is -2.38. The Kier molecular flexibility index (Phi) is 4.36. The second kappa shape index (κ2) is 6.47. The predicted octanol–water partition coefficient (Wildman–Crippen LogP) is 3.55. The number of hydrogen-bond donors (Lipinski definition) is 0. The molecule has 0 bridgehead atoms. The van der Waals surface area contributed by atoms with Gasteiger partial charge in [-0.3, -0.25) is 9.47 Å². The molecule has 2 aromatic heterocycles. The van der Waals surface area contributed by atoms with E-state index in [2.05, 4.69) is 27.0 Å². The van der Waals surface area contributed by atoms with Gasteiger partial charge in [0.2, 0.25) is 0 Å². The average Bonchev–Trinajstić information content (AvgIpc) is 3.15. The highest BCUT2D eigenvalue weighted by Crippen LogP contribution is 2.39. The van der Waals surface area contributed by atoms with Gasteiger partial charge in [0.1, 0.15) is 0 Å². The average molecular weight is 351 g/mol. The highest BCUT2D eigenvalue weighted by atomic mass is 32.1. The van der Waals surface area contributed by atoms with Gasteiger partial charge in [0.25, 0.3) is 0 Å². The third kappa shape index (κ3) is 3.15. The van der Waals surface area contributed by atoms with Gasteiger partial charge in [0, 0.05) is 26.2 Å². The van der Waals surface area contributed by atoms with E-state index in [0.717, 1.165) is 43.2 Å². The summed E-state index contributed by atoms with van der Waals surface area (Å²) in [5.74, 6) is 1.04. The van der Waals surface area contributed by atoms with Crippen molar-refractivity contribution in [1.82, 2.24) is 19.2 Å². The lowest BCUT2D eigenvalue weighted by molar-refractivity contribution is 0.0301. The molecule has 0 N–H and O–H groups in total. The molecule has 2 fully saturated rings. The Hall–Kier alpha value is -1.02. The van der Waals surface area contributed by atoms with Crippen LogP contribution in [0.3, 0.4) is 0 Å². The second-order valence-electron chi connectivity index (χ2n) is 6.38. The van der Waals surface area contributed by atoms with E-state index in [1.807, 2.05) is 4.68 Å². The minimum atomic E-state index is 0.407. The van der Waals surface area contributed by atoms with Crippen LogP contribution in [0.5, 0.6) is 0 Å². The number of ether oxygens (including phenoxy) is 1. The van der Waals surface area contributed by atoms with Crippen LogP contribution >= 0.6 is 23.6 Å². The Morgan fingerprint density at radius 1 is 1.30 bits per heavy atom. The Morgan fingerprint density at radius 3 is 2.70 bits per heavy atom. The number of thiophene rings is 1. The lowest BCUT2D eigenvalue weighted by Gasteiger charge is -2.30. The first-order valence-corrected chi connectivity index (χ1v) is 9.53. The van der Waals surface area contributed by atoms with Crippen LogP contribution in [0.2, 0.25) is 0 Å². The van der Waals surface area contributed by atoms with Crippen molar-refractivity contribution in [2.45, 2.75) is 44.5 Å². The molecule has 23 heavy (non-hydrogen) atoms. The topological polar surface area (TPSA) is 35.2 Å². The van der Waals surface area contributed by atoms with Crippen molar-refractivity contribution in [3.63, 3.8) is 0 Å². The first-order valence-electron chi connectivity index (χ1n) is 8.24. The standard InChI is InChI=1S/C16H22N4OS2/c1-21-13-6-8-18(9-7-13)11-19-16(22)20(12-4-5-12)15(17-19)14-3-2-10-23-14/h2-3,10,12-13H,4-9,11H2,1H3. The van der Waals surface area contributed by atoms with E-state index < -0.39 is 0 Å². The molecule has 0 spiro atoms. The summed E-state index contributed by atoms with van der Waals surface area (Å²) in [5, 5.41) is 6.96. The first-order chi connectivity index (χ1) is 11.3. The van der Waals surface area contributed by atoms with Gasteiger partial charge in [0.15, 0.2) is 10.6 Å². The minimum absolute atomic E-state index is 0.407. The van der Waals surface area contributed by atoms with Crippen molar-refractivity contribution in [1.29, 1.82) is 0 Å². The van der Waals surface area contributed by atoms with Crippen molar-refractivity contribution in [2.24, 2.45) is 0 Å². The molecule has 7 heteroatoms. The Bertz CT molecular complexity index is 709. The summed E-state index contributed by atoms with van der Waals surface area (Å²) >= 11 is 7.47. The van der Waals surface area contributed by atoms with Crippen LogP contribution < -0.4 is 0 Å². The van der Waals surface area contributed by atoms with Crippen LogP contribution in [0, 0.1) is 4.77 Å². The fourth-order valence-corrected chi connectivity index (χ4v) is 4.26. The smallest absolute Gasteiger partial charge is 0.199 e. The second-order valence-corrected chi connectivity index (χ2v) is 7.69. The number of aromatic nitrogens is 3. The number of likely N-dealkylation sites (tertiary alicyclic amines) is 1. The van der Waals surface area contributed by atoms with Crippen LogP contribution in [-0.4, -0.2) is 45.6 Å². The van der Waals surface area contributed by atoms with Gasteiger partial charge in [-0.15, -0.1) is 16.4 Å². The summed E-state index contributed by atoms with van der Waals surface area (Å²) in [5.41, 5.74) is 0. The van der Waals surface area contributed by atoms with Crippen molar-refractivity contribution in [2.75, 3.05) is 20.2 Å². The molecular weight excluding hydrogens is 328 g/mol. The highest BCUT2D eigenvalue weighted by Gasteiger charge is 2.30. The van der Waals surface area contributed by atoms with Gasteiger partial charge in [-0.05, 0) is 49.3 Å². The predicted molar refractivity (Wildman–Crippen MR) is 94.2 cm³/mol. The van der Waals surface area contributed by atoms with Gasteiger partial charge < -0.3 is 4.74 Å². The van der Waals surface area contributed by atoms with Gasteiger partial charge in [-0.25, -0.2) is 4.68 Å². The maximum absolute atomic E-state index is 5.73. The molecule has 0 unspecified atom stereocenters. The van der Waals surface area contributed by atoms with Crippen LogP contribution in [0.1, 0.15) is 31.7 Å². The van der Waals surface area contributed by atoms with Crippen LogP contribution in [0.15, 0.2) is 17.5 Å². The molecule has 0 radical (unpaired) electrons. The maximum atomic E-state index is 5.73. The molecule has 2 aromatic rings. The van der Waals surface area contributed by atoms with Crippen LogP contribution in [0.4, 0.5) is 0 Å². The summed E-state index contributed by atoms with van der Waals surface area (Å²) in [4.78, 5) is 3.63. The van der Waals surface area contributed by atoms with E-state index >= 15 is 0 Å². The van der Waals surface area contributed by atoms with Crippen LogP contribution in [0.25, 0.3) is 10.7 Å². The van der Waals surface area contributed by atoms with E-state index in [0.29, 0.717) is 12.1 Å². The van der Waals surface area contributed by atoms with Gasteiger partial charge in [-0.1, -0.05) is 6.07 Å². The van der Waals surface area contributed by atoms with Gasteiger partial charge >= 0.3 is 0 Å². The molecule has 1 aliphatic heterocycles. The normalized spacial score (nSPS) is 20.2. The van der Waals surface area contributed by atoms with E-state index in [1.165, 1.54) is 17.7 Å².